The van der Waals surface area contributed by atoms with Gasteiger partial charge in [-0.2, -0.15) is 10.1 Å². The van der Waals surface area contributed by atoms with Gasteiger partial charge in [0, 0.05) is 23.0 Å². The molecule has 0 fully saturated rings. The van der Waals surface area contributed by atoms with Crippen LogP contribution in [0.25, 0.3) is 10.9 Å². The van der Waals surface area contributed by atoms with E-state index in [0.717, 1.165) is 47.8 Å². The number of hydrogen-bond acceptors (Lipinski definition) is 3. The second-order valence-electron chi connectivity index (χ2n) is 7.19. The van der Waals surface area contributed by atoms with Crippen LogP contribution < -0.4 is 0 Å². The molecule has 0 saturated heterocycles. The topological polar surface area (TPSA) is 57.8 Å². The number of aryl methyl sites for hydroxylation is 1. The Balaban J connectivity index is 1.72. The number of fused-ring (bicyclic) bond motifs is 3. The van der Waals surface area contributed by atoms with Crippen molar-refractivity contribution in [3.63, 3.8) is 0 Å². The molecule has 0 bridgehead atoms. The smallest absolute Gasteiger partial charge is 0.287 e. The van der Waals surface area contributed by atoms with E-state index >= 15 is 0 Å². The SMILES string of the molecule is O=C(Cn1c2c(c3ccccc31)CCCC2)N1N=C(C(F)F)C[C@]1(O)C(F)F. The number of rotatable bonds is 4. The van der Waals surface area contributed by atoms with Crippen LogP contribution in [0.2, 0.25) is 0 Å². The van der Waals surface area contributed by atoms with Crippen LogP contribution in [0.4, 0.5) is 17.6 Å². The molecule has 1 aliphatic carbocycles. The van der Waals surface area contributed by atoms with Gasteiger partial charge in [-0.05, 0) is 37.3 Å². The Hall–Kier alpha value is -2.42. The van der Waals surface area contributed by atoms with Gasteiger partial charge in [-0.25, -0.2) is 17.6 Å². The molecule has 1 N–H and O–H groups in total. The van der Waals surface area contributed by atoms with Crippen LogP contribution in [0, 0.1) is 0 Å². The first-order chi connectivity index (χ1) is 13.3. The molecule has 0 unspecified atom stereocenters. The normalized spacial score (nSPS) is 22.2. The van der Waals surface area contributed by atoms with E-state index in [1.165, 1.54) is 0 Å². The highest BCUT2D eigenvalue weighted by atomic mass is 19.3. The number of hydrogen-bond donors (Lipinski definition) is 1. The lowest BCUT2D eigenvalue weighted by Gasteiger charge is -2.30. The van der Waals surface area contributed by atoms with Gasteiger partial charge in [0.05, 0.1) is 0 Å². The number of aliphatic hydroxyl groups is 1. The molecule has 28 heavy (non-hydrogen) atoms. The second kappa shape index (κ2) is 6.88. The summed E-state index contributed by atoms with van der Waals surface area (Å²) in [6, 6.07) is 7.47. The first-order valence-electron chi connectivity index (χ1n) is 9.11. The summed E-state index contributed by atoms with van der Waals surface area (Å²) in [5.41, 5.74) is -1.13. The number of carbonyl (C=O) groups is 1. The van der Waals surface area contributed by atoms with Crippen molar-refractivity contribution >= 4 is 22.5 Å². The van der Waals surface area contributed by atoms with Gasteiger partial charge in [0.1, 0.15) is 12.3 Å². The molecule has 5 nitrogen and oxygen atoms in total. The third kappa shape index (κ3) is 2.88. The molecular formula is C19H19F4N3O2. The number of para-hydroxylation sites is 1. The minimum atomic E-state index is -3.42. The van der Waals surface area contributed by atoms with Crippen molar-refractivity contribution in [3.05, 3.63) is 35.5 Å². The Morgan fingerprint density at radius 3 is 2.61 bits per heavy atom. The van der Waals surface area contributed by atoms with E-state index in [2.05, 4.69) is 5.10 Å². The van der Waals surface area contributed by atoms with E-state index in [1.807, 2.05) is 24.3 Å². The lowest BCUT2D eigenvalue weighted by Crippen LogP contribution is -2.52. The standard InChI is InChI=1S/C19H19F4N3O2/c20-17(21)13-9-19(28,18(22)23)26(24-13)16(27)10-25-14-7-3-1-5-11(14)12-6-2-4-8-15(12)25/h1,3,5,7,17-18,28H,2,4,6,8-10H2/t19-/m0/s1. The lowest BCUT2D eigenvalue weighted by molar-refractivity contribution is -0.192. The van der Waals surface area contributed by atoms with E-state index in [0.29, 0.717) is 0 Å². The third-order valence-corrected chi connectivity index (χ3v) is 5.45. The molecular weight excluding hydrogens is 378 g/mol. The van der Waals surface area contributed by atoms with Crippen molar-refractivity contribution in [2.45, 2.75) is 57.2 Å². The van der Waals surface area contributed by atoms with Gasteiger partial charge in [0.25, 0.3) is 18.8 Å². The summed E-state index contributed by atoms with van der Waals surface area (Å²) in [6.45, 7) is -0.356. The summed E-state index contributed by atoms with van der Waals surface area (Å²) in [5, 5.41) is 14.7. The van der Waals surface area contributed by atoms with E-state index in [-0.39, 0.29) is 11.6 Å². The quantitative estimate of drug-likeness (QED) is 0.805. The van der Waals surface area contributed by atoms with Crippen molar-refractivity contribution in [2.75, 3.05) is 0 Å². The fourth-order valence-electron chi connectivity index (χ4n) is 4.12. The number of nitrogens with zero attached hydrogens (tertiary/aromatic N) is 3. The Labute approximate surface area is 158 Å². The maximum absolute atomic E-state index is 13.4. The van der Waals surface area contributed by atoms with Gasteiger partial charge in [-0.1, -0.05) is 18.2 Å². The highest BCUT2D eigenvalue weighted by molar-refractivity contribution is 5.93. The summed E-state index contributed by atoms with van der Waals surface area (Å²) < 4.78 is 54.5. The van der Waals surface area contributed by atoms with E-state index in [9.17, 15) is 27.5 Å². The van der Waals surface area contributed by atoms with E-state index in [4.69, 9.17) is 0 Å². The van der Waals surface area contributed by atoms with Gasteiger partial charge < -0.3 is 9.67 Å². The Bertz CT molecular complexity index is 956. The monoisotopic (exact) mass is 397 g/mol. The van der Waals surface area contributed by atoms with Gasteiger partial charge in [-0.3, -0.25) is 4.79 Å². The molecule has 1 atom stereocenters. The highest BCUT2D eigenvalue weighted by Gasteiger charge is 2.53. The van der Waals surface area contributed by atoms with Gasteiger partial charge in [0.15, 0.2) is 0 Å². The summed E-state index contributed by atoms with van der Waals surface area (Å²) in [7, 11) is 0. The minimum Gasteiger partial charge on any atom is -0.364 e. The molecule has 1 amide bonds. The first-order valence-corrected chi connectivity index (χ1v) is 9.11. The molecule has 150 valence electrons. The number of alkyl halides is 4. The number of carbonyl (C=O) groups excluding carboxylic acids is 1. The Morgan fingerprint density at radius 2 is 1.89 bits per heavy atom. The van der Waals surface area contributed by atoms with Crippen LogP contribution in [-0.4, -0.2) is 44.9 Å². The van der Waals surface area contributed by atoms with E-state index < -0.39 is 36.6 Å². The number of benzene rings is 1. The Kier molecular flexibility index (Phi) is 4.65. The molecule has 0 spiro atoms. The summed E-state index contributed by atoms with van der Waals surface area (Å²) in [5.74, 6) is -0.951. The van der Waals surface area contributed by atoms with Gasteiger partial charge in [0.2, 0.25) is 5.72 Å². The van der Waals surface area contributed by atoms with Crippen LogP contribution in [0.5, 0.6) is 0 Å². The fraction of sp³-hybridized carbons (Fsp3) is 0.474. The predicted octanol–water partition coefficient (Wildman–Crippen LogP) is 3.33. The van der Waals surface area contributed by atoms with Crippen LogP contribution in [0.15, 0.2) is 29.4 Å². The number of amides is 1. The summed E-state index contributed by atoms with van der Waals surface area (Å²) in [6.07, 6.45) is -4.06. The molecule has 2 aromatic rings. The minimum absolute atomic E-state index is 0.142. The highest BCUT2D eigenvalue weighted by Crippen LogP contribution is 2.35. The molecule has 9 heteroatoms. The predicted molar refractivity (Wildman–Crippen MR) is 94.4 cm³/mol. The van der Waals surface area contributed by atoms with Crippen molar-refractivity contribution in [1.29, 1.82) is 0 Å². The summed E-state index contributed by atoms with van der Waals surface area (Å²) in [4.78, 5) is 12.8. The average Bonchev–Trinajstić information content (AvgIpc) is 3.20. The van der Waals surface area contributed by atoms with Crippen molar-refractivity contribution in [2.24, 2.45) is 5.10 Å². The van der Waals surface area contributed by atoms with Crippen molar-refractivity contribution < 1.29 is 27.5 Å². The zero-order chi connectivity index (χ0) is 20.1. The van der Waals surface area contributed by atoms with Crippen LogP contribution in [0.3, 0.4) is 0 Å². The van der Waals surface area contributed by atoms with Crippen molar-refractivity contribution in [1.82, 2.24) is 9.58 Å². The third-order valence-electron chi connectivity index (χ3n) is 5.45. The number of halogens is 4. The molecule has 0 radical (unpaired) electrons. The van der Waals surface area contributed by atoms with Crippen LogP contribution in [-0.2, 0) is 24.2 Å². The number of hydrazone groups is 1. The molecule has 0 saturated carbocycles. The molecule has 2 heterocycles. The zero-order valence-corrected chi connectivity index (χ0v) is 14.9. The molecule has 2 aliphatic rings. The molecule has 1 aromatic heterocycles. The molecule has 1 aromatic carbocycles. The van der Waals surface area contributed by atoms with Crippen molar-refractivity contribution in [3.8, 4) is 0 Å². The lowest BCUT2D eigenvalue weighted by atomic mass is 9.95. The van der Waals surface area contributed by atoms with Gasteiger partial charge in [-0.15, -0.1) is 0 Å². The average molecular weight is 397 g/mol. The fourth-order valence-corrected chi connectivity index (χ4v) is 4.12. The van der Waals surface area contributed by atoms with Crippen LogP contribution in [0.1, 0.15) is 30.5 Å². The maximum Gasteiger partial charge on any atom is 0.287 e. The maximum atomic E-state index is 13.4. The van der Waals surface area contributed by atoms with Crippen LogP contribution >= 0.6 is 0 Å². The number of aromatic nitrogens is 1. The second-order valence-corrected chi connectivity index (χ2v) is 7.19. The summed E-state index contributed by atoms with van der Waals surface area (Å²) >= 11 is 0. The van der Waals surface area contributed by atoms with Gasteiger partial charge >= 0.3 is 0 Å². The molecule has 4 rings (SSSR count). The molecule has 1 aliphatic heterocycles. The largest absolute Gasteiger partial charge is 0.364 e. The zero-order valence-electron chi connectivity index (χ0n) is 14.9. The van der Waals surface area contributed by atoms with E-state index in [1.54, 1.807) is 4.57 Å². The first kappa shape index (κ1) is 18.9. The Morgan fingerprint density at radius 1 is 1.18 bits per heavy atom.